The molecule has 8 N–H and O–H groups in total. The minimum atomic E-state index is -1.28. The van der Waals surface area contributed by atoms with Crippen LogP contribution in [0, 0.1) is 12.8 Å². The van der Waals surface area contributed by atoms with E-state index in [9.17, 15) is 38.7 Å². The number of aryl methyl sites for hydroxylation is 1. The average molecular weight is 1240 g/mol. The van der Waals surface area contributed by atoms with Crippen LogP contribution in [0.15, 0.2) is 64.8 Å². The van der Waals surface area contributed by atoms with Gasteiger partial charge >= 0.3 is 12.0 Å². The third kappa shape index (κ3) is 14.3. The van der Waals surface area contributed by atoms with Crippen molar-refractivity contribution < 1.29 is 48.1 Å². The number of carbonyl (C=O) groups excluding carboxylic acids is 7. The Labute approximate surface area is 498 Å². The van der Waals surface area contributed by atoms with Crippen LogP contribution in [0.2, 0.25) is 0 Å². The first-order chi connectivity index (χ1) is 40.0. The van der Waals surface area contributed by atoms with Crippen LogP contribution in [-0.4, -0.2) is 116 Å². The smallest absolute Gasteiger partial charge is 0.320 e. The van der Waals surface area contributed by atoms with Gasteiger partial charge in [-0.25, -0.2) is 39.7 Å². The number of hydrogen-bond acceptors (Lipinski definition) is 23. The molecule has 0 aliphatic carbocycles. The predicted molar refractivity (Wildman–Crippen MR) is 315 cm³/mol. The van der Waals surface area contributed by atoms with Gasteiger partial charge in [-0.05, 0) is 37.0 Å². The summed E-state index contributed by atoms with van der Waals surface area (Å²) in [7, 11) is 4.24. The number of aliphatic hydroxyl groups excluding tert-OH is 1. The highest BCUT2D eigenvalue weighted by atomic mass is 32.1. The highest BCUT2D eigenvalue weighted by Gasteiger charge is 2.33. The van der Waals surface area contributed by atoms with Gasteiger partial charge in [0.2, 0.25) is 11.8 Å². The van der Waals surface area contributed by atoms with Crippen molar-refractivity contribution in [2.24, 2.45) is 5.92 Å². The number of benzene rings is 1. The summed E-state index contributed by atoms with van der Waals surface area (Å²) < 4.78 is 10.1. The molecule has 0 spiro atoms. The van der Waals surface area contributed by atoms with Crippen molar-refractivity contribution in [1.29, 1.82) is 0 Å². The van der Waals surface area contributed by atoms with Crippen LogP contribution < -0.4 is 37.2 Å². The van der Waals surface area contributed by atoms with Crippen molar-refractivity contribution in [2.45, 2.75) is 70.9 Å². The first-order valence-corrected chi connectivity index (χ1v) is 30.6. The molecule has 30 heteroatoms. The van der Waals surface area contributed by atoms with Gasteiger partial charge in [-0.15, -0.1) is 68.0 Å². The molecule has 1 aliphatic heterocycles. The van der Waals surface area contributed by atoms with E-state index in [1.54, 1.807) is 71.7 Å². The number of aliphatic hydroxyl groups is 1. The molecule has 7 aromatic heterocycles. The van der Waals surface area contributed by atoms with Gasteiger partial charge in [-0.2, -0.15) is 0 Å². The van der Waals surface area contributed by atoms with E-state index < -0.39 is 66.3 Å². The maximum absolute atomic E-state index is 14.3. The van der Waals surface area contributed by atoms with Crippen LogP contribution in [0.4, 0.5) is 10.6 Å². The fraction of sp³-hybridized carbons (Fsp3) is 0.321. The fourth-order valence-electron chi connectivity index (χ4n) is 8.33. The Bertz CT molecular complexity index is 3680. The third-order valence-corrected chi connectivity index (χ3v) is 18.4. The minimum Gasteiger partial charge on any atom is -0.469 e. The molecule has 1 aromatic carbocycles. The maximum atomic E-state index is 14.3. The number of anilines is 1. The van der Waals surface area contributed by atoms with Crippen molar-refractivity contribution >= 4 is 115 Å². The number of esters is 1. The van der Waals surface area contributed by atoms with E-state index in [1.807, 2.05) is 13.8 Å². The van der Waals surface area contributed by atoms with Crippen molar-refractivity contribution in [3.05, 3.63) is 112 Å². The zero-order chi connectivity index (χ0) is 58.9. The second-order valence-corrected chi connectivity index (χ2v) is 24.7. The molecule has 0 saturated heterocycles. The predicted octanol–water partition coefficient (Wildman–Crippen LogP) is 7.39. The number of urea groups is 1. The molecule has 24 nitrogen and oxygen atoms in total. The Kier molecular flexibility index (Phi) is 19.5. The molecule has 4 atom stereocenters. The molecule has 9 rings (SSSR count). The van der Waals surface area contributed by atoms with Gasteiger partial charge in [0.1, 0.15) is 70.8 Å². The number of carbonyl (C=O) groups is 7. The lowest BCUT2D eigenvalue weighted by Crippen LogP contribution is -2.40. The van der Waals surface area contributed by atoms with Crippen molar-refractivity contribution in [3.8, 4) is 42.5 Å². The number of methoxy groups -OCH3 is 2. The van der Waals surface area contributed by atoms with E-state index in [0.717, 1.165) is 11.3 Å². The number of hydrogen-bond donors (Lipinski definition) is 8. The van der Waals surface area contributed by atoms with E-state index in [2.05, 4.69) is 56.9 Å². The van der Waals surface area contributed by atoms with Crippen LogP contribution in [0.3, 0.4) is 0 Å². The number of ether oxygens (including phenoxy) is 2. The number of thiazole rings is 6. The molecule has 0 unspecified atom stereocenters. The number of amides is 7. The van der Waals surface area contributed by atoms with Crippen LogP contribution in [-0.2, 0) is 30.5 Å². The summed E-state index contributed by atoms with van der Waals surface area (Å²) >= 11 is 7.16. The van der Waals surface area contributed by atoms with E-state index in [1.165, 1.54) is 78.0 Å². The van der Waals surface area contributed by atoms with Crippen molar-refractivity contribution in [2.75, 3.05) is 39.7 Å². The fourth-order valence-corrected chi connectivity index (χ4v) is 13.9. The average Bonchev–Trinajstić information content (AvgIpc) is 4.32. The molecule has 0 fully saturated rings. The van der Waals surface area contributed by atoms with Gasteiger partial charge < -0.3 is 46.5 Å². The molecule has 8 heterocycles. The minimum absolute atomic E-state index is 0.000812. The molecule has 7 amide bonds. The number of nitrogens with zero attached hydrogens (tertiary/aromatic N) is 7. The van der Waals surface area contributed by atoms with E-state index in [0.29, 0.717) is 74.3 Å². The van der Waals surface area contributed by atoms with Gasteiger partial charge in [0.25, 0.3) is 17.7 Å². The zero-order valence-corrected chi connectivity index (χ0v) is 50.1. The summed E-state index contributed by atoms with van der Waals surface area (Å²) in [6, 6.07) is 8.97. The normalized spacial score (nSPS) is 16.2. The topological polar surface area (TPSA) is 333 Å². The highest BCUT2D eigenvalue weighted by Crippen LogP contribution is 2.41. The van der Waals surface area contributed by atoms with E-state index >= 15 is 0 Å². The lowest BCUT2D eigenvalue weighted by molar-refractivity contribution is -0.140. The lowest BCUT2D eigenvalue weighted by atomic mass is 10.0. The van der Waals surface area contributed by atoms with Crippen molar-refractivity contribution in [1.82, 2.24) is 66.8 Å². The molecule has 10 bridgehead atoms. The van der Waals surface area contributed by atoms with Gasteiger partial charge in [0, 0.05) is 59.9 Å². The summed E-state index contributed by atoms with van der Waals surface area (Å²) in [5.41, 5.74) is 2.38. The highest BCUT2D eigenvalue weighted by molar-refractivity contribution is 7.19. The van der Waals surface area contributed by atoms with E-state index in [4.69, 9.17) is 24.7 Å². The number of nitrogens with one attached hydrogen (secondary N) is 7. The molecule has 1 aliphatic rings. The third-order valence-electron chi connectivity index (χ3n) is 12.6. The zero-order valence-electron chi connectivity index (χ0n) is 45.2. The summed E-state index contributed by atoms with van der Waals surface area (Å²) in [4.78, 5) is 129. The standard InChI is InChI=1S/C53H54N14O10S6/c1-24(2)38-52-67-41(33(83-52)20-76-5)45(73)56-19-36(69)64-42(43(71)26-11-8-7-9-12-26)51-61-31(22-79-51)48-57-18-32(82-48)40-27(14-15-28(58-40)49-62-34(23-80-49)63-53(75)55-16-10-13-37(70)77-6)47-60-30(21-78-47)44(72)59-29(17-35(68)54-4)50-66-39(25(3)81-50)46(74)65-38/h7-9,11-12,14-15,18,21-24,29,38,42-43,71H,10,13,16-17,19-20H2,1-6H3,(H,54,68)(H,56,73)(H,59,72)(H,64,69)(H,65,74)(H2,55,63,75)/t29-,38-,42-,43-/m0/s1. The molecule has 432 valence electrons. The second kappa shape index (κ2) is 27.0. The van der Waals surface area contributed by atoms with Crippen LogP contribution in [0.5, 0.6) is 0 Å². The van der Waals surface area contributed by atoms with Gasteiger partial charge in [0.05, 0.1) is 59.9 Å². The van der Waals surface area contributed by atoms with Gasteiger partial charge in [0.15, 0.2) is 0 Å². The first kappa shape index (κ1) is 59.8. The first-order valence-electron chi connectivity index (χ1n) is 25.6. The summed E-state index contributed by atoms with van der Waals surface area (Å²) in [6.45, 7) is 5.18. The van der Waals surface area contributed by atoms with E-state index in [-0.39, 0.29) is 65.8 Å². The molecule has 0 radical (unpaired) electrons. The summed E-state index contributed by atoms with van der Waals surface area (Å²) in [5.74, 6) is -3.26. The van der Waals surface area contributed by atoms with Gasteiger partial charge in [-0.1, -0.05) is 44.2 Å². The monoisotopic (exact) mass is 1240 g/mol. The van der Waals surface area contributed by atoms with Crippen LogP contribution in [0.1, 0.15) is 119 Å². The number of aromatic nitrogens is 7. The Morgan fingerprint density at radius 1 is 0.747 bits per heavy atom. The summed E-state index contributed by atoms with van der Waals surface area (Å²) in [6.07, 6.45) is 0.650. The summed E-state index contributed by atoms with van der Waals surface area (Å²) in [5, 5.41) is 38.7. The quantitative estimate of drug-likeness (QED) is 0.0412. The Morgan fingerprint density at radius 2 is 1.52 bits per heavy atom. The van der Waals surface area contributed by atoms with Crippen LogP contribution >= 0.6 is 68.0 Å². The largest absolute Gasteiger partial charge is 0.469 e. The molecular formula is C53H54N14O10S6. The number of pyridine rings is 1. The number of rotatable bonds is 13. The molecule has 8 aromatic rings. The Balaban J connectivity index is 1.10. The SMILES string of the molecule is CNC(=O)C[C@@H]1NC(=O)c2csc(n2)-c2ccc(-c3nc(NC(=O)NCCCC(=O)OC)cs3)nc2-c2cnc(s2)-c2csc(n2)[C@H]([C@@H](O)c2ccccc2)NC(=O)CNC(=O)c2nc(sc2COC)[C@H](C(C)C)NC(=O)c2nc1sc2C. The Morgan fingerprint density at radius 3 is 2.28 bits per heavy atom. The maximum Gasteiger partial charge on any atom is 0.320 e. The lowest BCUT2D eigenvalue weighted by Gasteiger charge is -2.23. The molecule has 83 heavy (non-hydrogen) atoms. The van der Waals surface area contributed by atoms with Crippen molar-refractivity contribution in [3.63, 3.8) is 0 Å². The van der Waals surface area contributed by atoms with Gasteiger partial charge in [-0.3, -0.25) is 34.1 Å². The second-order valence-electron chi connectivity index (χ2n) is 18.7. The number of fused-ring (bicyclic) bond motifs is 14. The molecule has 0 saturated carbocycles. The molecular weight excluding hydrogens is 1190 g/mol. The van der Waals surface area contributed by atoms with Crippen LogP contribution in [0.25, 0.3) is 42.5 Å². The Hall–Kier alpha value is -7.84.